The van der Waals surface area contributed by atoms with Crippen molar-refractivity contribution in [2.45, 2.75) is 85.7 Å². The van der Waals surface area contributed by atoms with E-state index in [0.717, 1.165) is 12.8 Å². The van der Waals surface area contributed by atoms with E-state index in [9.17, 15) is 14.7 Å². The molecule has 0 saturated carbocycles. The minimum Gasteiger partial charge on any atom is -0.480 e. The van der Waals surface area contributed by atoms with Crippen LogP contribution >= 0.6 is 0 Å². The summed E-state index contributed by atoms with van der Waals surface area (Å²) in [4.78, 5) is 24.3. The maximum absolute atomic E-state index is 12.7. The van der Waals surface area contributed by atoms with Crippen LogP contribution in [0.5, 0.6) is 0 Å². The van der Waals surface area contributed by atoms with Crippen LogP contribution in [0.25, 0.3) is 0 Å². The van der Waals surface area contributed by atoms with Crippen LogP contribution < -0.4 is 0 Å². The van der Waals surface area contributed by atoms with Crippen LogP contribution in [-0.2, 0) is 19.1 Å². The predicted octanol–water partition coefficient (Wildman–Crippen LogP) is 3.40. The zero-order chi connectivity index (χ0) is 16.6. The second kappa shape index (κ2) is 9.15. The Morgan fingerprint density at radius 3 is 1.57 bits per heavy atom. The van der Waals surface area contributed by atoms with Crippen LogP contribution in [0.15, 0.2) is 0 Å². The fraction of sp³-hybridized carbons (Fsp3) is 0.875. The molecular formula is C16H30O5. The molecule has 0 amide bonds. The van der Waals surface area contributed by atoms with Crippen molar-refractivity contribution in [2.75, 3.05) is 0 Å². The van der Waals surface area contributed by atoms with Gasteiger partial charge in [-0.1, -0.05) is 27.7 Å². The first kappa shape index (κ1) is 20.1. The number of carbonyl (C=O) groups excluding carboxylic acids is 1. The Morgan fingerprint density at radius 1 is 0.952 bits per heavy atom. The number of carboxylic acids is 1. The molecule has 124 valence electrons. The van der Waals surface area contributed by atoms with Gasteiger partial charge in [-0.3, -0.25) is 9.59 Å². The molecule has 0 aliphatic heterocycles. The van der Waals surface area contributed by atoms with E-state index in [-0.39, 0.29) is 25.0 Å². The highest BCUT2D eigenvalue weighted by Crippen LogP contribution is 2.31. The first-order valence-electron chi connectivity index (χ1n) is 7.87. The van der Waals surface area contributed by atoms with E-state index in [1.807, 2.05) is 27.7 Å². The molecule has 5 nitrogen and oxygen atoms in total. The summed E-state index contributed by atoms with van der Waals surface area (Å²) in [6.45, 7) is 11.0. The molecule has 5 heteroatoms. The van der Waals surface area contributed by atoms with Gasteiger partial charge in [0.05, 0.1) is 12.2 Å². The monoisotopic (exact) mass is 302 g/mol. The molecular weight excluding hydrogens is 272 g/mol. The highest BCUT2D eigenvalue weighted by molar-refractivity contribution is 6.04. The number of carboxylic acid groups (broad SMARTS) is 1. The van der Waals surface area contributed by atoms with Crippen LogP contribution in [0.1, 0.15) is 67.2 Å². The van der Waals surface area contributed by atoms with E-state index in [0.29, 0.717) is 0 Å². The summed E-state index contributed by atoms with van der Waals surface area (Å²) in [6, 6.07) is 0. The maximum Gasteiger partial charge on any atom is 0.317 e. The van der Waals surface area contributed by atoms with Crippen LogP contribution in [-0.4, -0.2) is 35.4 Å². The summed E-state index contributed by atoms with van der Waals surface area (Å²) < 4.78 is 11.3. The van der Waals surface area contributed by atoms with E-state index < -0.39 is 23.5 Å². The minimum absolute atomic E-state index is 0.164. The number of hydrogen-bond donors (Lipinski definition) is 1. The topological polar surface area (TPSA) is 72.8 Å². The summed E-state index contributed by atoms with van der Waals surface area (Å²) in [5.74, 6) is -1.59. The summed E-state index contributed by atoms with van der Waals surface area (Å²) in [5.41, 5.74) is -1.44. The SMILES string of the molecule is CCC(C)OC(OC(C)CC)C(=O)C(CC)(CC)C(=O)O. The zero-order valence-electron chi connectivity index (χ0n) is 14.1. The molecule has 0 aromatic carbocycles. The second-order valence-corrected chi connectivity index (χ2v) is 5.50. The molecule has 0 heterocycles. The number of hydrogen-bond acceptors (Lipinski definition) is 4. The van der Waals surface area contributed by atoms with E-state index in [2.05, 4.69) is 0 Å². The normalized spacial score (nSPS) is 16.3. The van der Waals surface area contributed by atoms with Gasteiger partial charge in [0.2, 0.25) is 12.1 Å². The molecule has 0 radical (unpaired) electrons. The van der Waals surface area contributed by atoms with E-state index in [1.165, 1.54) is 0 Å². The molecule has 21 heavy (non-hydrogen) atoms. The van der Waals surface area contributed by atoms with Gasteiger partial charge in [0.25, 0.3) is 0 Å². The average Bonchev–Trinajstić information content (AvgIpc) is 2.47. The maximum atomic E-state index is 12.7. The Labute approximate surface area is 128 Å². The fourth-order valence-electron chi connectivity index (χ4n) is 2.00. The first-order chi connectivity index (χ1) is 9.78. The zero-order valence-corrected chi connectivity index (χ0v) is 14.1. The number of ether oxygens (including phenoxy) is 2. The summed E-state index contributed by atoms with van der Waals surface area (Å²) in [7, 11) is 0. The molecule has 0 aromatic rings. The highest BCUT2D eigenvalue weighted by Gasteiger charge is 2.47. The quantitative estimate of drug-likeness (QED) is 0.468. The Balaban J connectivity index is 5.36. The summed E-state index contributed by atoms with van der Waals surface area (Å²) >= 11 is 0. The van der Waals surface area contributed by atoms with Crippen LogP contribution in [0.3, 0.4) is 0 Å². The van der Waals surface area contributed by atoms with E-state index >= 15 is 0 Å². The smallest absolute Gasteiger partial charge is 0.317 e. The predicted molar refractivity (Wildman–Crippen MR) is 81.1 cm³/mol. The van der Waals surface area contributed by atoms with E-state index in [1.54, 1.807) is 13.8 Å². The van der Waals surface area contributed by atoms with Crippen molar-refractivity contribution in [3.8, 4) is 0 Å². The summed E-state index contributed by atoms with van der Waals surface area (Å²) in [5, 5.41) is 9.49. The van der Waals surface area contributed by atoms with Crippen LogP contribution in [0.4, 0.5) is 0 Å². The lowest BCUT2D eigenvalue weighted by atomic mass is 9.78. The molecule has 2 atom stereocenters. The summed E-state index contributed by atoms with van der Waals surface area (Å²) in [6.07, 6.45) is 0.458. The van der Waals surface area contributed by atoms with Gasteiger partial charge in [-0.15, -0.1) is 0 Å². The van der Waals surface area contributed by atoms with E-state index in [4.69, 9.17) is 9.47 Å². The molecule has 0 aliphatic carbocycles. The minimum atomic E-state index is -1.44. The molecule has 1 N–H and O–H groups in total. The van der Waals surface area contributed by atoms with Gasteiger partial charge in [0.15, 0.2) is 0 Å². The van der Waals surface area contributed by atoms with Crippen molar-refractivity contribution in [3.05, 3.63) is 0 Å². The number of carbonyl (C=O) groups is 2. The Morgan fingerprint density at radius 2 is 1.33 bits per heavy atom. The van der Waals surface area contributed by atoms with Crippen LogP contribution in [0.2, 0.25) is 0 Å². The van der Waals surface area contributed by atoms with Crippen molar-refractivity contribution in [1.29, 1.82) is 0 Å². The van der Waals surface area contributed by atoms with Gasteiger partial charge < -0.3 is 14.6 Å². The molecule has 0 spiro atoms. The fourth-order valence-corrected chi connectivity index (χ4v) is 2.00. The molecule has 2 unspecified atom stereocenters. The molecule has 0 fully saturated rings. The van der Waals surface area contributed by atoms with Crippen molar-refractivity contribution in [2.24, 2.45) is 5.41 Å². The Hall–Kier alpha value is -0.940. The highest BCUT2D eigenvalue weighted by atomic mass is 16.7. The lowest BCUT2D eigenvalue weighted by Gasteiger charge is -2.32. The molecule has 0 saturated heterocycles. The lowest BCUT2D eigenvalue weighted by molar-refractivity contribution is -0.205. The van der Waals surface area contributed by atoms with Gasteiger partial charge >= 0.3 is 5.97 Å². The number of Topliss-reactive ketones (excluding diaryl/α,β-unsaturated/α-hetero) is 1. The Kier molecular flexibility index (Phi) is 8.74. The molecule has 0 rings (SSSR count). The third-order valence-corrected chi connectivity index (χ3v) is 4.16. The molecule has 0 bridgehead atoms. The van der Waals surface area contributed by atoms with Crippen molar-refractivity contribution in [1.82, 2.24) is 0 Å². The average molecular weight is 302 g/mol. The van der Waals surface area contributed by atoms with Gasteiger partial charge in [0, 0.05) is 0 Å². The van der Waals surface area contributed by atoms with Crippen molar-refractivity contribution < 1.29 is 24.2 Å². The second-order valence-electron chi connectivity index (χ2n) is 5.50. The van der Waals surface area contributed by atoms with Crippen LogP contribution in [0, 0.1) is 5.41 Å². The lowest BCUT2D eigenvalue weighted by Crippen LogP contribution is -2.47. The molecule has 0 aromatic heterocycles. The molecule has 0 aliphatic rings. The number of ketones is 1. The van der Waals surface area contributed by atoms with Crippen molar-refractivity contribution >= 4 is 11.8 Å². The standard InChI is InChI=1S/C16H30O5/c1-7-11(5)20-14(21-12(6)8-2)13(17)16(9-3,10-4)15(18)19/h11-12,14H,7-10H2,1-6H3,(H,18,19). The number of aliphatic carboxylic acids is 1. The van der Waals surface area contributed by atoms with Gasteiger partial charge in [-0.05, 0) is 39.5 Å². The largest absolute Gasteiger partial charge is 0.480 e. The third-order valence-electron chi connectivity index (χ3n) is 4.16. The number of rotatable bonds is 11. The Bertz CT molecular complexity index is 324. The van der Waals surface area contributed by atoms with Gasteiger partial charge in [0.1, 0.15) is 5.41 Å². The third kappa shape index (κ3) is 5.08. The van der Waals surface area contributed by atoms with Crippen molar-refractivity contribution in [3.63, 3.8) is 0 Å². The van der Waals surface area contributed by atoms with Gasteiger partial charge in [-0.25, -0.2) is 0 Å². The van der Waals surface area contributed by atoms with Gasteiger partial charge in [-0.2, -0.15) is 0 Å². The first-order valence-corrected chi connectivity index (χ1v) is 7.87.